The fourth-order valence-electron chi connectivity index (χ4n) is 3.42. The van der Waals surface area contributed by atoms with Crippen molar-refractivity contribution in [2.45, 2.75) is 4.90 Å². The standard InChI is InChI=1S/C20H19N7O4S/c21-18-17(20-25-24-19(31-20)14-4-2-1-3-5-14)23-16(12-22-18)26-7-9-27(10-8-26)32(28,29)15-6-11-30-13-15/h1-6,11-13H,7-10H2,(H2,21,22). The van der Waals surface area contributed by atoms with Crippen LogP contribution in [0.1, 0.15) is 0 Å². The number of hydrogen-bond donors (Lipinski definition) is 1. The average Bonchev–Trinajstić information content (AvgIpc) is 3.53. The van der Waals surface area contributed by atoms with Crippen LogP contribution in [0.5, 0.6) is 0 Å². The van der Waals surface area contributed by atoms with Gasteiger partial charge in [-0.05, 0) is 18.2 Å². The Morgan fingerprint density at radius 1 is 0.969 bits per heavy atom. The molecule has 12 heteroatoms. The van der Waals surface area contributed by atoms with Gasteiger partial charge in [0.2, 0.25) is 15.9 Å². The SMILES string of the molecule is Nc1ncc(N2CCN(S(=O)(=O)c3ccoc3)CC2)nc1-c1nnc(-c2ccccc2)o1. The van der Waals surface area contributed by atoms with Crippen molar-refractivity contribution in [2.75, 3.05) is 36.8 Å². The molecule has 0 radical (unpaired) electrons. The van der Waals surface area contributed by atoms with Gasteiger partial charge in [-0.3, -0.25) is 0 Å². The maximum Gasteiger partial charge on any atom is 0.270 e. The molecule has 3 aromatic heterocycles. The van der Waals surface area contributed by atoms with Crippen LogP contribution in [0.4, 0.5) is 11.6 Å². The molecule has 1 aromatic carbocycles. The van der Waals surface area contributed by atoms with E-state index in [2.05, 4.69) is 20.2 Å². The molecule has 1 aliphatic rings. The summed E-state index contributed by atoms with van der Waals surface area (Å²) < 4.78 is 37.4. The fraction of sp³-hybridized carbons (Fsp3) is 0.200. The van der Waals surface area contributed by atoms with Crippen LogP contribution in [0.25, 0.3) is 23.0 Å². The highest BCUT2D eigenvalue weighted by Gasteiger charge is 2.30. The number of piperazine rings is 1. The number of nitrogens with zero attached hydrogens (tertiary/aromatic N) is 6. The largest absolute Gasteiger partial charge is 0.471 e. The third-order valence-corrected chi connectivity index (χ3v) is 7.00. The van der Waals surface area contributed by atoms with E-state index in [0.717, 1.165) is 5.56 Å². The molecule has 5 rings (SSSR count). The highest BCUT2D eigenvalue weighted by atomic mass is 32.2. The molecule has 0 aliphatic carbocycles. The van der Waals surface area contributed by atoms with Crippen molar-refractivity contribution in [3.8, 4) is 23.0 Å². The summed E-state index contributed by atoms with van der Waals surface area (Å²) in [7, 11) is -3.58. The molecule has 1 fully saturated rings. The van der Waals surface area contributed by atoms with Crippen LogP contribution in [0.3, 0.4) is 0 Å². The summed E-state index contributed by atoms with van der Waals surface area (Å²) in [4.78, 5) is 10.9. The minimum Gasteiger partial charge on any atom is -0.471 e. The number of furan rings is 1. The van der Waals surface area contributed by atoms with Crippen LogP contribution in [0.2, 0.25) is 0 Å². The second-order valence-electron chi connectivity index (χ2n) is 7.09. The number of benzene rings is 1. The molecule has 0 saturated carbocycles. The average molecular weight is 453 g/mol. The van der Waals surface area contributed by atoms with Gasteiger partial charge in [0, 0.05) is 31.7 Å². The Morgan fingerprint density at radius 2 is 1.72 bits per heavy atom. The summed E-state index contributed by atoms with van der Waals surface area (Å²) in [6.45, 7) is 1.48. The smallest absolute Gasteiger partial charge is 0.270 e. The first-order valence-electron chi connectivity index (χ1n) is 9.81. The highest BCUT2D eigenvalue weighted by molar-refractivity contribution is 7.89. The van der Waals surface area contributed by atoms with Crippen LogP contribution in [0, 0.1) is 0 Å². The number of nitrogen functional groups attached to an aromatic ring is 1. The lowest BCUT2D eigenvalue weighted by molar-refractivity contribution is 0.383. The summed E-state index contributed by atoms with van der Waals surface area (Å²) in [5, 5.41) is 8.14. The maximum absolute atomic E-state index is 12.7. The maximum atomic E-state index is 12.7. The lowest BCUT2D eigenvalue weighted by Gasteiger charge is -2.34. The third-order valence-electron chi connectivity index (χ3n) is 5.13. The van der Waals surface area contributed by atoms with Crippen LogP contribution in [-0.4, -0.2) is 59.1 Å². The molecule has 4 heterocycles. The predicted molar refractivity (Wildman–Crippen MR) is 115 cm³/mol. The van der Waals surface area contributed by atoms with Gasteiger partial charge in [0.1, 0.15) is 17.0 Å². The van der Waals surface area contributed by atoms with Crippen molar-refractivity contribution < 1.29 is 17.3 Å². The van der Waals surface area contributed by atoms with Gasteiger partial charge >= 0.3 is 0 Å². The van der Waals surface area contributed by atoms with E-state index in [1.165, 1.54) is 22.9 Å². The van der Waals surface area contributed by atoms with Gasteiger partial charge in [-0.25, -0.2) is 18.4 Å². The van der Waals surface area contributed by atoms with E-state index in [1.54, 1.807) is 6.20 Å². The Kier molecular flexibility index (Phi) is 5.07. The van der Waals surface area contributed by atoms with Crippen molar-refractivity contribution in [1.29, 1.82) is 0 Å². The van der Waals surface area contributed by atoms with Crippen LogP contribution < -0.4 is 10.6 Å². The van der Waals surface area contributed by atoms with Crippen LogP contribution >= 0.6 is 0 Å². The van der Waals surface area contributed by atoms with Gasteiger partial charge < -0.3 is 19.5 Å². The van der Waals surface area contributed by atoms with Crippen LogP contribution in [0.15, 0.2) is 68.9 Å². The molecule has 0 amide bonds. The Labute approximate surface area is 183 Å². The molecule has 2 N–H and O–H groups in total. The lowest BCUT2D eigenvalue weighted by Crippen LogP contribution is -2.48. The van der Waals surface area contributed by atoms with Gasteiger partial charge in [-0.2, -0.15) is 4.31 Å². The second kappa shape index (κ2) is 8.05. The summed E-state index contributed by atoms with van der Waals surface area (Å²) >= 11 is 0. The van der Waals surface area contributed by atoms with E-state index >= 15 is 0 Å². The summed E-state index contributed by atoms with van der Waals surface area (Å²) in [6.07, 6.45) is 4.12. The number of aromatic nitrogens is 4. The van der Waals surface area contributed by atoms with Gasteiger partial charge in [0.25, 0.3) is 5.89 Å². The first-order chi connectivity index (χ1) is 15.5. The first kappa shape index (κ1) is 20.2. The monoisotopic (exact) mass is 453 g/mol. The van der Waals surface area contributed by atoms with E-state index in [9.17, 15) is 8.42 Å². The quantitative estimate of drug-likeness (QED) is 0.475. The number of sulfonamides is 1. The Morgan fingerprint density at radius 3 is 2.44 bits per heavy atom. The van der Waals surface area contributed by atoms with Crippen molar-refractivity contribution >= 4 is 21.7 Å². The van der Waals surface area contributed by atoms with E-state index in [-0.39, 0.29) is 22.3 Å². The molecule has 11 nitrogen and oxygen atoms in total. The normalized spacial score (nSPS) is 15.2. The summed E-state index contributed by atoms with van der Waals surface area (Å²) in [5.74, 6) is 1.23. The molecule has 0 atom stereocenters. The minimum absolute atomic E-state index is 0.145. The third kappa shape index (κ3) is 3.69. The zero-order valence-corrected chi connectivity index (χ0v) is 17.6. The van der Waals surface area contributed by atoms with Crippen molar-refractivity contribution in [1.82, 2.24) is 24.5 Å². The summed E-state index contributed by atoms with van der Waals surface area (Å²) in [6, 6.07) is 10.8. The van der Waals surface area contributed by atoms with Gasteiger partial charge in [0.15, 0.2) is 11.5 Å². The van der Waals surface area contributed by atoms with Crippen molar-refractivity contribution in [2.24, 2.45) is 0 Å². The number of rotatable bonds is 5. The number of hydrogen-bond acceptors (Lipinski definition) is 10. The van der Waals surface area contributed by atoms with E-state index in [4.69, 9.17) is 14.6 Å². The topological polar surface area (TPSA) is 144 Å². The zero-order valence-electron chi connectivity index (χ0n) is 16.8. The number of nitrogens with two attached hydrogens (primary N) is 1. The molecular weight excluding hydrogens is 434 g/mol. The van der Waals surface area contributed by atoms with Crippen LogP contribution in [-0.2, 0) is 10.0 Å². The molecule has 1 saturated heterocycles. The Bertz CT molecular complexity index is 1320. The molecule has 0 bridgehead atoms. The first-order valence-corrected chi connectivity index (χ1v) is 11.3. The molecule has 1 aliphatic heterocycles. The molecule has 32 heavy (non-hydrogen) atoms. The fourth-order valence-corrected chi connectivity index (χ4v) is 4.77. The molecule has 0 unspecified atom stereocenters. The minimum atomic E-state index is -3.58. The van der Waals surface area contributed by atoms with Gasteiger partial charge in [-0.15, -0.1) is 10.2 Å². The lowest BCUT2D eigenvalue weighted by atomic mass is 10.2. The Balaban J connectivity index is 1.35. The second-order valence-corrected chi connectivity index (χ2v) is 9.03. The van der Waals surface area contributed by atoms with E-state index < -0.39 is 10.0 Å². The predicted octanol–water partition coefficient (Wildman–Crippen LogP) is 1.88. The zero-order chi connectivity index (χ0) is 22.1. The molecule has 4 aromatic rings. The highest BCUT2D eigenvalue weighted by Crippen LogP contribution is 2.28. The summed E-state index contributed by atoms with van der Waals surface area (Å²) in [5.41, 5.74) is 7.08. The van der Waals surface area contributed by atoms with Gasteiger partial charge in [-0.1, -0.05) is 18.2 Å². The molecule has 164 valence electrons. The van der Waals surface area contributed by atoms with E-state index in [1.807, 2.05) is 35.2 Å². The van der Waals surface area contributed by atoms with Crippen molar-refractivity contribution in [3.63, 3.8) is 0 Å². The van der Waals surface area contributed by atoms with E-state index in [0.29, 0.717) is 37.9 Å². The van der Waals surface area contributed by atoms with Gasteiger partial charge in [0.05, 0.1) is 12.5 Å². The molecule has 0 spiro atoms. The van der Waals surface area contributed by atoms with Crippen molar-refractivity contribution in [3.05, 3.63) is 55.1 Å². The molecular formula is C20H19N7O4S. The Hall–Kier alpha value is -3.77. The number of anilines is 2.